The summed E-state index contributed by atoms with van der Waals surface area (Å²) in [6.07, 6.45) is 27.7. The van der Waals surface area contributed by atoms with Crippen molar-refractivity contribution in [3.05, 3.63) is 36.5 Å². The number of hydrogen-bond donors (Lipinski definition) is 4. The van der Waals surface area contributed by atoms with Gasteiger partial charge in [0.1, 0.15) is 6.61 Å². The zero-order chi connectivity index (χ0) is 36.6. The van der Waals surface area contributed by atoms with Gasteiger partial charge in [-0.05, 0) is 57.3 Å². The molecule has 0 saturated carbocycles. The van der Waals surface area contributed by atoms with Crippen LogP contribution in [0, 0.1) is 5.92 Å². The maximum absolute atomic E-state index is 12.3. The first-order chi connectivity index (χ1) is 23.4. The summed E-state index contributed by atoms with van der Waals surface area (Å²) in [6.45, 7) is 5.66. The number of hydrogen-bond acceptors (Lipinski definition) is 8. The molecule has 0 bridgehead atoms. The van der Waals surface area contributed by atoms with Crippen molar-refractivity contribution in [3.8, 4) is 0 Å². The van der Waals surface area contributed by atoms with Crippen molar-refractivity contribution in [3.63, 3.8) is 0 Å². The van der Waals surface area contributed by atoms with E-state index < -0.39 is 51.3 Å². The van der Waals surface area contributed by atoms with Crippen LogP contribution in [-0.4, -0.2) is 63.5 Å². The molecule has 11 heteroatoms. The van der Waals surface area contributed by atoms with Crippen molar-refractivity contribution >= 4 is 19.8 Å². The Balaban J connectivity index is 4.24. The maximum atomic E-state index is 12.3. The molecule has 0 aliphatic rings. The van der Waals surface area contributed by atoms with Crippen LogP contribution < -0.4 is 0 Å². The van der Waals surface area contributed by atoms with Gasteiger partial charge in [-0.2, -0.15) is 0 Å². The molecule has 0 aliphatic carbocycles. The molecule has 0 heterocycles. The molecule has 0 aromatic carbocycles. The highest BCUT2D eigenvalue weighted by Gasteiger charge is 2.23. The highest BCUT2D eigenvalue weighted by molar-refractivity contribution is 7.46. The number of carbonyl (C=O) groups excluding carboxylic acids is 2. The van der Waals surface area contributed by atoms with Crippen LogP contribution in [0.1, 0.15) is 156 Å². The second-order valence-corrected chi connectivity index (χ2v) is 14.6. The lowest BCUT2D eigenvalue weighted by molar-refractivity contribution is -0.161. The standard InChI is InChI=1S/C38H69O10P/c1-4-5-6-7-8-9-10-11-14-17-20-23-27-35(39)36(40)28-25-30-37(41)46-31-34(32-47-49(43,44)45)48-38(42)29-24-21-18-15-12-13-16-19-22-26-33(2)3/h8-9,11,14,20,23,33-36,39-40H,4-7,10,12-13,15-19,21-22,24-32H2,1-3H3,(H2,43,44,45)/b9-8-,14-11-,23-20-/t34-,35?,36?/m1/s1. The highest BCUT2D eigenvalue weighted by atomic mass is 31.2. The molecular formula is C38H69O10P. The topological polar surface area (TPSA) is 160 Å². The Bertz CT molecular complexity index is 943. The predicted molar refractivity (Wildman–Crippen MR) is 196 cm³/mol. The monoisotopic (exact) mass is 716 g/mol. The SMILES string of the molecule is CCCCC/C=C\C/C=C\C/C=C\CC(O)C(O)CCCC(=O)OC[C@H](COP(=O)(O)O)OC(=O)CCCCCCCCCCCC(C)C. The minimum Gasteiger partial charge on any atom is -0.462 e. The number of esters is 2. The zero-order valence-electron chi connectivity index (χ0n) is 30.7. The third-order valence-electron chi connectivity index (χ3n) is 8.04. The van der Waals surface area contributed by atoms with Crippen LogP contribution in [0.15, 0.2) is 36.5 Å². The average Bonchev–Trinajstić information content (AvgIpc) is 3.04. The second kappa shape index (κ2) is 32.1. The second-order valence-electron chi connectivity index (χ2n) is 13.3. The fourth-order valence-corrected chi connectivity index (χ4v) is 5.43. The van der Waals surface area contributed by atoms with Gasteiger partial charge in [0.2, 0.25) is 0 Å². The van der Waals surface area contributed by atoms with E-state index in [1.165, 1.54) is 57.8 Å². The summed E-state index contributed by atoms with van der Waals surface area (Å²) in [7, 11) is -4.82. The third-order valence-corrected chi connectivity index (χ3v) is 8.53. The molecule has 0 radical (unpaired) electrons. The first-order valence-corrected chi connectivity index (χ1v) is 20.3. The maximum Gasteiger partial charge on any atom is 0.469 e. The molecule has 0 amide bonds. The first-order valence-electron chi connectivity index (χ1n) is 18.8. The van der Waals surface area contributed by atoms with E-state index >= 15 is 0 Å². The van der Waals surface area contributed by atoms with E-state index in [-0.39, 0.29) is 25.7 Å². The van der Waals surface area contributed by atoms with Gasteiger partial charge in [-0.1, -0.05) is 128 Å². The zero-order valence-corrected chi connectivity index (χ0v) is 31.6. The Kier molecular flexibility index (Phi) is 30.9. The predicted octanol–water partition coefficient (Wildman–Crippen LogP) is 8.81. The van der Waals surface area contributed by atoms with Crippen LogP contribution in [0.3, 0.4) is 0 Å². The van der Waals surface area contributed by atoms with Crippen LogP contribution in [0.5, 0.6) is 0 Å². The fraction of sp³-hybridized carbons (Fsp3) is 0.789. The van der Waals surface area contributed by atoms with Crippen molar-refractivity contribution in [2.24, 2.45) is 5.92 Å². The number of unbranched alkanes of at least 4 members (excludes halogenated alkanes) is 11. The molecule has 0 fully saturated rings. The lowest BCUT2D eigenvalue weighted by atomic mass is 10.0. The van der Waals surface area contributed by atoms with Crippen LogP contribution >= 0.6 is 7.82 Å². The molecule has 10 nitrogen and oxygen atoms in total. The molecular weight excluding hydrogens is 647 g/mol. The molecule has 0 spiro atoms. The Labute approximate surface area is 297 Å². The quantitative estimate of drug-likeness (QED) is 0.0224. The highest BCUT2D eigenvalue weighted by Crippen LogP contribution is 2.36. The van der Waals surface area contributed by atoms with E-state index in [2.05, 4.69) is 49.6 Å². The van der Waals surface area contributed by atoms with Crippen molar-refractivity contribution in [2.75, 3.05) is 13.2 Å². The molecule has 0 saturated heterocycles. The average molecular weight is 717 g/mol. The van der Waals surface area contributed by atoms with Gasteiger partial charge in [0, 0.05) is 12.8 Å². The molecule has 286 valence electrons. The lowest BCUT2D eigenvalue weighted by Crippen LogP contribution is -2.29. The minimum atomic E-state index is -4.82. The molecule has 49 heavy (non-hydrogen) atoms. The van der Waals surface area contributed by atoms with E-state index in [1.54, 1.807) is 0 Å². The van der Waals surface area contributed by atoms with Gasteiger partial charge in [0.15, 0.2) is 6.10 Å². The van der Waals surface area contributed by atoms with Crippen molar-refractivity contribution in [1.82, 2.24) is 0 Å². The lowest BCUT2D eigenvalue weighted by Gasteiger charge is -2.19. The molecule has 0 aromatic rings. The van der Waals surface area contributed by atoms with Gasteiger partial charge in [0.25, 0.3) is 0 Å². The summed E-state index contributed by atoms with van der Waals surface area (Å²) < 4.78 is 26.1. The molecule has 4 N–H and O–H groups in total. The fourth-order valence-electron chi connectivity index (χ4n) is 5.07. The largest absolute Gasteiger partial charge is 0.469 e. The van der Waals surface area contributed by atoms with Crippen LogP contribution in [-0.2, 0) is 28.2 Å². The molecule has 2 unspecified atom stereocenters. The van der Waals surface area contributed by atoms with E-state index in [0.29, 0.717) is 12.8 Å². The number of allylic oxidation sites excluding steroid dienone is 5. The number of aliphatic hydroxyl groups excluding tert-OH is 2. The summed E-state index contributed by atoms with van der Waals surface area (Å²) >= 11 is 0. The van der Waals surface area contributed by atoms with Crippen molar-refractivity contribution < 1.29 is 48.2 Å². The van der Waals surface area contributed by atoms with Gasteiger partial charge in [-0.25, -0.2) is 4.57 Å². The number of rotatable bonds is 33. The Morgan fingerprint density at radius 2 is 1.22 bits per heavy atom. The normalized spacial score (nSPS) is 14.3. The van der Waals surface area contributed by atoms with E-state index in [4.69, 9.17) is 19.3 Å². The van der Waals surface area contributed by atoms with E-state index in [9.17, 15) is 24.4 Å². The van der Waals surface area contributed by atoms with Gasteiger partial charge >= 0.3 is 19.8 Å². The van der Waals surface area contributed by atoms with Gasteiger partial charge in [0.05, 0.1) is 18.8 Å². The molecule has 0 rings (SSSR count). The Hall–Kier alpha value is -1.81. The smallest absolute Gasteiger partial charge is 0.462 e. The Morgan fingerprint density at radius 3 is 1.84 bits per heavy atom. The van der Waals surface area contributed by atoms with Crippen LogP contribution in [0.4, 0.5) is 0 Å². The summed E-state index contributed by atoms with van der Waals surface area (Å²) in [6, 6.07) is 0. The molecule has 0 aromatic heterocycles. The first kappa shape index (κ1) is 47.2. The summed E-state index contributed by atoms with van der Waals surface area (Å²) in [5.41, 5.74) is 0. The van der Waals surface area contributed by atoms with Crippen LogP contribution in [0.2, 0.25) is 0 Å². The Morgan fingerprint density at radius 1 is 0.653 bits per heavy atom. The van der Waals surface area contributed by atoms with Crippen molar-refractivity contribution in [1.29, 1.82) is 0 Å². The number of carbonyl (C=O) groups is 2. The minimum absolute atomic E-state index is 0.0462. The molecule has 3 atom stereocenters. The third kappa shape index (κ3) is 34.4. The van der Waals surface area contributed by atoms with Crippen LogP contribution in [0.25, 0.3) is 0 Å². The molecule has 0 aliphatic heterocycles. The van der Waals surface area contributed by atoms with E-state index in [0.717, 1.165) is 44.4 Å². The summed E-state index contributed by atoms with van der Waals surface area (Å²) in [5.74, 6) is -0.406. The number of phosphoric ester groups is 1. The number of phosphoric acid groups is 1. The number of aliphatic hydroxyl groups is 2. The number of ether oxygens (including phenoxy) is 2. The van der Waals surface area contributed by atoms with Gasteiger partial charge in [-0.3, -0.25) is 14.1 Å². The van der Waals surface area contributed by atoms with E-state index in [1.807, 2.05) is 12.2 Å². The summed E-state index contributed by atoms with van der Waals surface area (Å²) in [5, 5.41) is 20.5. The summed E-state index contributed by atoms with van der Waals surface area (Å²) in [4.78, 5) is 42.7. The van der Waals surface area contributed by atoms with Gasteiger partial charge < -0.3 is 29.5 Å². The van der Waals surface area contributed by atoms with Gasteiger partial charge in [-0.15, -0.1) is 0 Å². The van der Waals surface area contributed by atoms with Crippen molar-refractivity contribution in [2.45, 2.75) is 174 Å².